The lowest BCUT2D eigenvalue weighted by atomic mass is 9.93. The molecule has 3 N–H and O–H groups in total. The highest BCUT2D eigenvalue weighted by Gasteiger charge is 2.37. The summed E-state index contributed by atoms with van der Waals surface area (Å²) in [4.78, 5) is 13.4. The number of aliphatic hydroxyl groups is 1. The molecule has 6 rings (SSSR count). The van der Waals surface area contributed by atoms with E-state index in [4.69, 9.17) is 0 Å². The minimum absolute atomic E-state index is 0.215. The topological polar surface area (TPSA) is 153 Å². The summed E-state index contributed by atoms with van der Waals surface area (Å²) in [7, 11) is -1.62. The maximum absolute atomic E-state index is 12.5. The van der Waals surface area contributed by atoms with Gasteiger partial charge in [-0.05, 0) is 44.6 Å². The second-order valence-corrected chi connectivity index (χ2v) is 12.2. The normalized spacial score (nSPS) is 19.1. The van der Waals surface area contributed by atoms with E-state index in [0.29, 0.717) is 35.9 Å². The maximum atomic E-state index is 12.5. The van der Waals surface area contributed by atoms with Crippen LogP contribution in [0.3, 0.4) is 0 Å². The van der Waals surface area contributed by atoms with Crippen LogP contribution in [0.15, 0.2) is 49.3 Å². The number of aryl methyl sites for hydroxylation is 1. The van der Waals surface area contributed by atoms with Gasteiger partial charge in [0.05, 0.1) is 52.3 Å². The zero-order valence-corrected chi connectivity index (χ0v) is 22.7. The molecule has 4 aromatic heterocycles. The van der Waals surface area contributed by atoms with Gasteiger partial charge in [-0.25, -0.2) is 23.4 Å². The summed E-state index contributed by atoms with van der Waals surface area (Å²) in [6.07, 6.45) is 14.1. The van der Waals surface area contributed by atoms with Crippen LogP contribution in [-0.2, 0) is 17.1 Å². The Labute approximate surface area is 231 Å². The molecule has 4 heterocycles. The molecule has 12 nitrogen and oxygen atoms in total. The quantitative estimate of drug-likeness (QED) is 0.288. The number of nitrogens with zero attached hydrogens (tertiary/aromatic N) is 7. The first-order valence-corrected chi connectivity index (χ1v) is 14.7. The summed E-state index contributed by atoms with van der Waals surface area (Å²) in [5.74, 6) is 7.74. The third kappa shape index (κ3) is 5.83. The van der Waals surface area contributed by atoms with E-state index in [9.17, 15) is 13.5 Å². The van der Waals surface area contributed by atoms with Gasteiger partial charge in [-0.15, -0.1) is 0 Å². The van der Waals surface area contributed by atoms with Gasteiger partial charge >= 0.3 is 0 Å². The fraction of sp³-hybridized carbons (Fsp3) is 0.370. The number of pyridine rings is 1. The molecule has 0 atom stereocenters. The van der Waals surface area contributed by atoms with Crippen molar-refractivity contribution >= 4 is 27.3 Å². The van der Waals surface area contributed by atoms with Gasteiger partial charge in [-0.2, -0.15) is 14.3 Å². The van der Waals surface area contributed by atoms with Crippen molar-refractivity contribution in [1.82, 2.24) is 33.9 Å². The molecule has 4 aromatic rings. The molecule has 2 aliphatic carbocycles. The predicted molar refractivity (Wildman–Crippen MR) is 149 cm³/mol. The molecule has 13 heteroatoms. The Kier molecular flexibility index (Phi) is 6.95. The zero-order chi connectivity index (χ0) is 27.7. The van der Waals surface area contributed by atoms with Crippen LogP contribution in [0.4, 0.5) is 17.3 Å². The van der Waals surface area contributed by atoms with Crippen LogP contribution in [0.2, 0.25) is 0 Å². The molecule has 0 bridgehead atoms. The molecule has 0 aliphatic heterocycles. The monoisotopic (exact) mass is 559 g/mol. The number of anilines is 3. The van der Waals surface area contributed by atoms with Crippen molar-refractivity contribution in [2.75, 3.05) is 10.6 Å². The molecule has 2 aliphatic rings. The molecule has 206 valence electrons. The van der Waals surface area contributed by atoms with Gasteiger partial charge in [0.15, 0.2) is 5.82 Å². The van der Waals surface area contributed by atoms with Crippen molar-refractivity contribution in [3.8, 4) is 23.2 Å². The fourth-order valence-electron chi connectivity index (χ4n) is 4.58. The number of rotatable bonds is 7. The van der Waals surface area contributed by atoms with Crippen LogP contribution in [0.1, 0.15) is 49.7 Å². The molecule has 0 spiro atoms. The molecular weight excluding hydrogens is 530 g/mol. The number of hydrogen-bond acceptors (Lipinski definition) is 10. The summed E-state index contributed by atoms with van der Waals surface area (Å²) < 4.78 is 27.7. The second-order valence-electron chi connectivity index (χ2n) is 10.2. The summed E-state index contributed by atoms with van der Waals surface area (Å²) in [6.45, 7) is 0. The van der Waals surface area contributed by atoms with Crippen LogP contribution in [0, 0.1) is 11.8 Å². The van der Waals surface area contributed by atoms with Gasteiger partial charge in [0.25, 0.3) is 10.0 Å². The van der Waals surface area contributed by atoms with Crippen LogP contribution in [0.5, 0.6) is 0 Å². The molecule has 0 unspecified atom stereocenters. The van der Waals surface area contributed by atoms with E-state index in [1.807, 2.05) is 19.3 Å². The number of aliphatic hydroxyl groups excluding tert-OH is 1. The molecule has 0 saturated heterocycles. The zero-order valence-electron chi connectivity index (χ0n) is 21.9. The first kappa shape index (κ1) is 26.0. The Bertz CT molecular complexity index is 1690. The van der Waals surface area contributed by atoms with Gasteiger partial charge in [-0.3, -0.25) is 4.68 Å². The van der Waals surface area contributed by atoms with Crippen molar-refractivity contribution in [3.63, 3.8) is 0 Å². The average Bonchev–Trinajstić information content (AvgIpc) is 3.55. The van der Waals surface area contributed by atoms with E-state index in [1.165, 1.54) is 12.4 Å². The molecule has 0 radical (unpaired) electrons. The highest BCUT2D eigenvalue weighted by atomic mass is 32.2. The predicted octanol–water partition coefficient (Wildman–Crippen LogP) is 2.67. The lowest BCUT2D eigenvalue weighted by molar-refractivity contribution is 0.126. The average molecular weight is 560 g/mol. The number of hydrogen-bond donors (Lipinski definition) is 3. The molecule has 0 aromatic carbocycles. The largest absolute Gasteiger partial charge is 0.393 e. The lowest BCUT2D eigenvalue weighted by Gasteiger charge is -2.27. The second kappa shape index (κ2) is 10.7. The van der Waals surface area contributed by atoms with E-state index in [2.05, 4.69) is 47.6 Å². The van der Waals surface area contributed by atoms with Crippen LogP contribution in [-0.4, -0.2) is 64.8 Å². The van der Waals surface area contributed by atoms with Crippen molar-refractivity contribution in [2.45, 2.75) is 55.9 Å². The van der Waals surface area contributed by atoms with Gasteiger partial charge in [-0.1, -0.05) is 11.8 Å². The molecule has 2 saturated carbocycles. The van der Waals surface area contributed by atoms with E-state index < -0.39 is 10.0 Å². The van der Waals surface area contributed by atoms with Gasteiger partial charge in [0.1, 0.15) is 11.6 Å². The van der Waals surface area contributed by atoms with E-state index >= 15 is 0 Å². The Morgan fingerprint density at radius 2 is 1.80 bits per heavy atom. The minimum atomic E-state index is -3.47. The van der Waals surface area contributed by atoms with Crippen LogP contribution >= 0.6 is 0 Å². The van der Waals surface area contributed by atoms with Crippen molar-refractivity contribution in [2.24, 2.45) is 7.05 Å². The highest BCUT2D eigenvalue weighted by Crippen LogP contribution is 2.30. The molecule has 2 fully saturated rings. The Balaban J connectivity index is 1.24. The highest BCUT2D eigenvalue weighted by molar-refractivity contribution is 7.90. The summed E-state index contributed by atoms with van der Waals surface area (Å²) in [5, 5.41) is 24.6. The van der Waals surface area contributed by atoms with Gasteiger partial charge in [0.2, 0.25) is 0 Å². The number of nitrogens with one attached hydrogen (secondary N) is 2. The summed E-state index contributed by atoms with van der Waals surface area (Å²) in [6, 6.07) is 3.81. The lowest BCUT2D eigenvalue weighted by Crippen LogP contribution is -2.28. The number of aromatic nitrogens is 7. The van der Waals surface area contributed by atoms with Gasteiger partial charge < -0.3 is 15.7 Å². The third-order valence-electron chi connectivity index (χ3n) is 6.94. The SMILES string of the molecule is Cn1cc(C#Cc2cnc(Nc3ccnc(-c4cnn(S(=O)(=O)C5CC5)c4)n3)cc2NC2CCC(O)CC2)cn1. The third-order valence-corrected chi connectivity index (χ3v) is 8.98. The molecule has 0 amide bonds. The van der Waals surface area contributed by atoms with Crippen molar-refractivity contribution in [3.05, 3.63) is 60.4 Å². The Morgan fingerprint density at radius 1 is 0.975 bits per heavy atom. The summed E-state index contributed by atoms with van der Waals surface area (Å²) in [5.41, 5.74) is 2.88. The standard InChI is InChI=1S/C27H29N9O3S/c1-35-16-18(13-30-35)2-3-19-14-29-26(12-24(19)32-21-4-6-22(37)7-5-21)33-25-10-11-28-27(34-25)20-15-31-36(17-20)40(38,39)23-8-9-23/h10-17,21-23,37H,4-9H2,1H3,(H2,28,29,32,33,34). The first-order chi connectivity index (χ1) is 19.3. The Hall–Kier alpha value is -4.28. The van der Waals surface area contributed by atoms with Crippen molar-refractivity contribution in [1.29, 1.82) is 0 Å². The van der Waals surface area contributed by atoms with E-state index in [1.54, 1.807) is 29.3 Å². The molecular formula is C27H29N9O3S. The minimum Gasteiger partial charge on any atom is -0.393 e. The van der Waals surface area contributed by atoms with Gasteiger partial charge in [0, 0.05) is 37.7 Å². The van der Waals surface area contributed by atoms with Crippen LogP contribution in [0.25, 0.3) is 11.4 Å². The van der Waals surface area contributed by atoms with E-state index in [0.717, 1.165) is 46.6 Å². The smallest absolute Gasteiger partial charge is 0.256 e. The fourth-order valence-corrected chi connectivity index (χ4v) is 6.06. The summed E-state index contributed by atoms with van der Waals surface area (Å²) >= 11 is 0. The first-order valence-electron chi connectivity index (χ1n) is 13.2. The van der Waals surface area contributed by atoms with Crippen LogP contribution < -0.4 is 10.6 Å². The maximum Gasteiger partial charge on any atom is 0.256 e. The Morgan fingerprint density at radius 3 is 2.55 bits per heavy atom. The van der Waals surface area contributed by atoms with E-state index in [-0.39, 0.29) is 17.4 Å². The molecule has 40 heavy (non-hydrogen) atoms. The van der Waals surface area contributed by atoms with Crippen molar-refractivity contribution < 1.29 is 13.5 Å².